The average Bonchev–Trinajstić information content (AvgIpc) is 3.49. The van der Waals surface area contributed by atoms with Crippen molar-refractivity contribution >= 4 is 5.91 Å². The van der Waals surface area contributed by atoms with Gasteiger partial charge in [-0.25, -0.2) is 0 Å². The number of rotatable bonds is 4. The topological polar surface area (TPSA) is 48.0 Å². The van der Waals surface area contributed by atoms with Gasteiger partial charge in [0.2, 0.25) is 5.91 Å². The van der Waals surface area contributed by atoms with Gasteiger partial charge in [0.05, 0.1) is 31.5 Å². The molecule has 2 heterocycles. The lowest BCUT2D eigenvalue weighted by Crippen LogP contribution is -2.56. The Labute approximate surface area is 237 Å². The van der Waals surface area contributed by atoms with E-state index >= 15 is 0 Å². The third-order valence-corrected chi connectivity index (χ3v) is 14.2. The van der Waals surface area contributed by atoms with Crippen LogP contribution in [0.25, 0.3) is 0 Å². The summed E-state index contributed by atoms with van der Waals surface area (Å²) in [6.45, 7) is 15.8. The molecular weight excluding hydrogens is 486 g/mol. The van der Waals surface area contributed by atoms with E-state index in [2.05, 4.69) is 27.7 Å². The summed E-state index contributed by atoms with van der Waals surface area (Å²) in [6.07, 6.45) is 15.8. The molecule has 39 heavy (non-hydrogen) atoms. The monoisotopic (exact) mass is 541 g/mol. The zero-order chi connectivity index (χ0) is 27.4. The number of hydrogen-bond acceptors (Lipinski definition) is 4. The number of nitrogens with zero attached hydrogens (tertiary/aromatic N) is 1. The normalized spacial score (nSPS) is 51.8. The minimum Gasteiger partial charge on any atom is -0.375 e. The first-order chi connectivity index (χ1) is 18.6. The number of carbonyl (C=O) groups excluding carboxylic acids is 1. The molecule has 2 saturated heterocycles. The first kappa shape index (κ1) is 27.2. The van der Waals surface area contributed by atoms with Crippen LogP contribution in [0.1, 0.15) is 112 Å². The molecule has 7 aliphatic rings. The van der Waals surface area contributed by atoms with E-state index in [1.165, 1.54) is 64.2 Å². The molecule has 2 aliphatic heterocycles. The molecule has 5 nitrogen and oxygen atoms in total. The lowest BCUT2D eigenvalue weighted by Gasteiger charge is -2.60. The highest BCUT2D eigenvalue weighted by molar-refractivity contribution is 5.78. The molecule has 0 radical (unpaired) electrons. The summed E-state index contributed by atoms with van der Waals surface area (Å²) in [5.41, 5.74) is 1.77. The summed E-state index contributed by atoms with van der Waals surface area (Å²) < 4.78 is 19.6. The highest BCUT2D eigenvalue weighted by Crippen LogP contribution is 2.87. The fourth-order valence-electron chi connectivity index (χ4n) is 12.3. The van der Waals surface area contributed by atoms with E-state index in [4.69, 9.17) is 14.2 Å². The Bertz CT molecular complexity index is 980. The maximum Gasteiger partial charge on any atom is 0.225 e. The Kier molecular flexibility index (Phi) is 6.40. The quantitative estimate of drug-likeness (QED) is 0.391. The summed E-state index contributed by atoms with van der Waals surface area (Å²) in [5.74, 6) is 3.57. The molecular formula is C34H55NO4. The number of morpholine rings is 1. The minimum atomic E-state index is -0.284. The van der Waals surface area contributed by atoms with Gasteiger partial charge in [0, 0.05) is 12.5 Å². The Morgan fingerprint density at radius 1 is 0.974 bits per heavy atom. The van der Waals surface area contributed by atoms with Crippen molar-refractivity contribution in [3.8, 4) is 0 Å². The van der Waals surface area contributed by atoms with E-state index in [9.17, 15) is 4.79 Å². The predicted octanol–water partition coefficient (Wildman–Crippen LogP) is 6.83. The lowest BCUT2D eigenvalue weighted by atomic mass is 9.46. The van der Waals surface area contributed by atoms with Crippen LogP contribution in [-0.2, 0) is 19.0 Å². The van der Waals surface area contributed by atoms with E-state index in [0.29, 0.717) is 48.1 Å². The largest absolute Gasteiger partial charge is 0.375 e. The SMILES string of the molecule is CCC1CCC2C(CC3C4CCC5C(C)(C)[C@@H](OC6CN(C(=O)C(C)C)CCO6)CC[C@@]56C[C@@]46CC[C@]23C)O1. The molecule has 220 valence electrons. The molecule has 7 rings (SSSR count). The summed E-state index contributed by atoms with van der Waals surface area (Å²) in [6, 6.07) is 0. The number of amides is 1. The van der Waals surface area contributed by atoms with Crippen LogP contribution in [0.15, 0.2) is 0 Å². The Morgan fingerprint density at radius 3 is 2.54 bits per heavy atom. The van der Waals surface area contributed by atoms with Gasteiger partial charge in [0.1, 0.15) is 0 Å². The predicted molar refractivity (Wildman–Crippen MR) is 152 cm³/mol. The zero-order valence-corrected chi connectivity index (χ0v) is 25.7. The van der Waals surface area contributed by atoms with Crippen LogP contribution >= 0.6 is 0 Å². The molecule has 5 heteroatoms. The fourth-order valence-corrected chi connectivity index (χ4v) is 12.3. The van der Waals surface area contributed by atoms with Crippen molar-refractivity contribution in [2.24, 2.45) is 51.2 Å². The molecule has 0 aromatic carbocycles. The van der Waals surface area contributed by atoms with Crippen LogP contribution < -0.4 is 0 Å². The van der Waals surface area contributed by atoms with Gasteiger partial charge >= 0.3 is 0 Å². The third kappa shape index (κ3) is 3.76. The van der Waals surface area contributed by atoms with Gasteiger partial charge in [0.25, 0.3) is 0 Å². The molecule has 5 aliphatic carbocycles. The van der Waals surface area contributed by atoms with Crippen molar-refractivity contribution in [1.29, 1.82) is 0 Å². The van der Waals surface area contributed by atoms with E-state index < -0.39 is 0 Å². The number of hydrogen-bond donors (Lipinski definition) is 0. The van der Waals surface area contributed by atoms with Crippen LogP contribution in [0.2, 0.25) is 0 Å². The molecule has 11 atom stereocenters. The standard InChI is InChI=1S/C34H55NO4/c1-7-22-8-9-24-26(38-22)18-25-23-10-11-27-31(4,5)28(39-29-19-35(16-17-37-29)30(36)21(2)3)12-13-34(27)20-33(23,34)15-14-32(24,25)6/h21-29H,7-20H2,1-6H3/t22?,23?,24?,25?,26?,27?,28-,29?,32+,33-,34+/m0/s1. The van der Waals surface area contributed by atoms with E-state index in [1.807, 2.05) is 18.7 Å². The molecule has 7 fully saturated rings. The average molecular weight is 542 g/mol. The summed E-state index contributed by atoms with van der Waals surface area (Å²) in [7, 11) is 0. The van der Waals surface area contributed by atoms with Gasteiger partial charge < -0.3 is 19.1 Å². The van der Waals surface area contributed by atoms with Crippen molar-refractivity contribution < 1.29 is 19.0 Å². The van der Waals surface area contributed by atoms with Crippen LogP contribution in [-0.4, -0.2) is 55.1 Å². The Morgan fingerprint density at radius 2 is 1.77 bits per heavy atom. The lowest BCUT2D eigenvalue weighted by molar-refractivity contribution is -0.244. The molecule has 0 bridgehead atoms. The van der Waals surface area contributed by atoms with Gasteiger partial charge in [-0.05, 0) is 116 Å². The summed E-state index contributed by atoms with van der Waals surface area (Å²) >= 11 is 0. The smallest absolute Gasteiger partial charge is 0.225 e. The summed E-state index contributed by atoms with van der Waals surface area (Å²) in [5, 5.41) is 0. The second kappa shape index (κ2) is 9.17. The third-order valence-electron chi connectivity index (χ3n) is 14.2. The Balaban J connectivity index is 1.07. The first-order valence-corrected chi connectivity index (χ1v) is 16.8. The van der Waals surface area contributed by atoms with Crippen LogP contribution in [0.4, 0.5) is 0 Å². The second-order valence-corrected chi connectivity index (χ2v) is 16.2. The molecule has 1 amide bonds. The van der Waals surface area contributed by atoms with Crippen molar-refractivity contribution in [2.45, 2.75) is 137 Å². The highest BCUT2D eigenvalue weighted by Gasteiger charge is 2.80. The van der Waals surface area contributed by atoms with Gasteiger partial charge in [-0.3, -0.25) is 4.79 Å². The molecule has 0 aromatic heterocycles. The summed E-state index contributed by atoms with van der Waals surface area (Å²) in [4.78, 5) is 14.6. The maximum atomic E-state index is 12.7. The van der Waals surface area contributed by atoms with Gasteiger partial charge in [-0.15, -0.1) is 0 Å². The van der Waals surface area contributed by atoms with E-state index in [-0.39, 0.29) is 29.6 Å². The minimum absolute atomic E-state index is 0.0248. The first-order valence-electron chi connectivity index (χ1n) is 16.8. The molecule has 5 saturated carbocycles. The fraction of sp³-hybridized carbons (Fsp3) is 0.971. The van der Waals surface area contributed by atoms with Crippen molar-refractivity contribution in [1.82, 2.24) is 4.90 Å². The molecule has 7 unspecified atom stereocenters. The van der Waals surface area contributed by atoms with Crippen molar-refractivity contribution in [3.63, 3.8) is 0 Å². The van der Waals surface area contributed by atoms with Crippen LogP contribution in [0, 0.1) is 51.2 Å². The van der Waals surface area contributed by atoms with Crippen molar-refractivity contribution in [3.05, 3.63) is 0 Å². The second-order valence-electron chi connectivity index (χ2n) is 16.2. The van der Waals surface area contributed by atoms with E-state index in [0.717, 1.165) is 30.1 Å². The van der Waals surface area contributed by atoms with Gasteiger partial charge in [-0.1, -0.05) is 41.5 Å². The molecule has 2 spiro atoms. The molecule has 0 N–H and O–H groups in total. The zero-order valence-electron chi connectivity index (χ0n) is 25.7. The van der Waals surface area contributed by atoms with Gasteiger partial charge in [-0.2, -0.15) is 0 Å². The van der Waals surface area contributed by atoms with Crippen LogP contribution in [0.5, 0.6) is 0 Å². The maximum absolute atomic E-state index is 12.7. The van der Waals surface area contributed by atoms with Crippen molar-refractivity contribution in [2.75, 3.05) is 19.7 Å². The highest BCUT2D eigenvalue weighted by atomic mass is 16.7. The molecule has 0 aromatic rings. The van der Waals surface area contributed by atoms with Gasteiger partial charge in [0.15, 0.2) is 6.29 Å². The van der Waals surface area contributed by atoms with Crippen LogP contribution in [0.3, 0.4) is 0 Å². The number of carbonyl (C=O) groups is 1. The Hall–Kier alpha value is -0.650. The number of ether oxygens (including phenoxy) is 3. The number of fused-ring (bicyclic) bond motifs is 4. The van der Waals surface area contributed by atoms with E-state index in [1.54, 1.807) is 0 Å².